The van der Waals surface area contributed by atoms with E-state index in [-0.39, 0.29) is 11.9 Å². The van der Waals surface area contributed by atoms with Gasteiger partial charge in [0.25, 0.3) is 0 Å². The fourth-order valence-electron chi connectivity index (χ4n) is 3.31. The van der Waals surface area contributed by atoms with Crippen LogP contribution in [0.3, 0.4) is 0 Å². The highest BCUT2D eigenvalue weighted by molar-refractivity contribution is 7.10. The third-order valence-corrected chi connectivity index (χ3v) is 5.61. The number of benzene rings is 1. The molecule has 1 saturated carbocycles. The molecule has 1 aromatic heterocycles. The zero-order valence-electron chi connectivity index (χ0n) is 14.9. The molecule has 1 unspecified atom stereocenters. The van der Waals surface area contributed by atoms with Crippen LogP contribution in [-0.2, 0) is 9.53 Å². The standard InChI is InChI=1S/C20H24N2O3S/c1-25-20(24)15-10-5-6-11-16(15)22-18(17-12-7-13-26-17)19(23)21-14-8-3-2-4-9-14/h5-7,10-14,18,22H,2-4,8-9H2,1H3,(H,21,23). The molecule has 1 atom stereocenters. The van der Waals surface area contributed by atoms with Crippen molar-refractivity contribution >= 4 is 28.9 Å². The predicted molar refractivity (Wildman–Crippen MR) is 103 cm³/mol. The van der Waals surface area contributed by atoms with Crippen molar-refractivity contribution in [1.82, 2.24) is 5.32 Å². The van der Waals surface area contributed by atoms with Crippen molar-refractivity contribution in [2.24, 2.45) is 0 Å². The Morgan fingerprint density at radius 1 is 1.12 bits per heavy atom. The molecule has 1 aliphatic carbocycles. The van der Waals surface area contributed by atoms with Gasteiger partial charge in [0.2, 0.25) is 5.91 Å². The quantitative estimate of drug-likeness (QED) is 0.748. The predicted octanol–water partition coefficient (Wildman–Crippen LogP) is 4.14. The Kier molecular flexibility index (Phi) is 6.28. The number of carbonyl (C=O) groups excluding carboxylic acids is 2. The highest BCUT2D eigenvalue weighted by Crippen LogP contribution is 2.27. The van der Waals surface area contributed by atoms with Gasteiger partial charge in [-0.2, -0.15) is 0 Å². The Balaban J connectivity index is 1.81. The number of para-hydroxylation sites is 1. The van der Waals surface area contributed by atoms with Crippen molar-refractivity contribution in [2.45, 2.75) is 44.2 Å². The summed E-state index contributed by atoms with van der Waals surface area (Å²) in [5.41, 5.74) is 1.01. The maximum Gasteiger partial charge on any atom is 0.339 e. The first kappa shape index (κ1) is 18.5. The molecule has 5 nitrogen and oxygen atoms in total. The van der Waals surface area contributed by atoms with Gasteiger partial charge in [0.05, 0.1) is 12.7 Å². The minimum Gasteiger partial charge on any atom is -0.465 e. The van der Waals surface area contributed by atoms with Gasteiger partial charge in [0, 0.05) is 16.6 Å². The van der Waals surface area contributed by atoms with E-state index in [2.05, 4.69) is 10.6 Å². The second kappa shape index (κ2) is 8.85. The summed E-state index contributed by atoms with van der Waals surface area (Å²) < 4.78 is 4.85. The van der Waals surface area contributed by atoms with Crippen LogP contribution >= 0.6 is 11.3 Å². The number of ether oxygens (including phenoxy) is 1. The third-order valence-electron chi connectivity index (χ3n) is 4.67. The van der Waals surface area contributed by atoms with E-state index >= 15 is 0 Å². The van der Waals surface area contributed by atoms with Crippen LogP contribution in [0.4, 0.5) is 5.69 Å². The number of anilines is 1. The normalized spacial score (nSPS) is 15.9. The molecule has 1 aromatic carbocycles. The molecule has 1 aliphatic rings. The maximum atomic E-state index is 13.0. The Labute approximate surface area is 157 Å². The van der Waals surface area contributed by atoms with Crippen molar-refractivity contribution in [3.8, 4) is 0 Å². The van der Waals surface area contributed by atoms with E-state index in [0.29, 0.717) is 11.3 Å². The number of hydrogen-bond donors (Lipinski definition) is 2. The molecule has 2 N–H and O–H groups in total. The highest BCUT2D eigenvalue weighted by atomic mass is 32.1. The average Bonchev–Trinajstić information content (AvgIpc) is 3.21. The lowest BCUT2D eigenvalue weighted by Gasteiger charge is -2.26. The molecule has 0 aliphatic heterocycles. The van der Waals surface area contributed by atoms with Crippen LogP contribution in [0, 0.1) is 0 Å². The van der Waals surface area contributed by atoms with Crippen LogP contribution in [0.1, 0.15) is 53.4 Å². The first-order valence-corrected chi connectivity index (χ1v) is 9.84. The smallest absolute Gasteiger partial charge is 0.339 e. The largest absolute Gasteiger partial charge is 0.465 e. The van der Waals surface area contributed by atoms with Crippen LogP contribution in [-0.4, -0.2) is 25.0 Å². The molecule has 1 fully saturated rings. The van der Waals surface area contributed by atoms with Gasteiger partial charge in [-0.1, -0.05) is 37.5 Å². The summed E-state index contributed by atoms with van der Waals surface area (Å²) in [6.45, 7) is 0. The summed E-state index contributed by atoms with van der Waals surface area (Å²) in [7, 11) is 1.35. The fourth-order valence-corrected chi connectivity index (χ4v) is 4.08. The Morgan fingerprint density at radius 2 is 1.88 bits per heavy atom. The van der Waals surface area contributed by atoms with Gasteiger partial charge >= 0.3 is 5.97 Å². The van der Waals surface area contributed by atoms with Crippen LogP contribution in [0.25, 0.3) is 0 Å². The second-order valence-corrected chi connectivity index (χ2v) is 7.45. The Hall–Kier alpha value is -2.34. The van der Waals surface area contributed by atoms with Gasteiger partial charge in [-0.05, 0) is 36.4 Å². The monoisotopic (exact) mass is 372 g/mol. The molecule has 0 saturated heterocycles. The molecule has 1 amide bonds. The van der Waals surface area contributed by atoms with E-state index in [1.807, 2.05) is 23.6 Å². The SMILES string of the molecule is COC(=O)c1ccccc1NC(C(=O)NC1CCCCC1)c1cccs1. The van der Waals surface area contributed by atoms with E-state index in [0.717, 1.165) is 30.6 Å². The molecule has 2 aromatic rings. The molecule has 0 spiro atoms. The summed E-state index contributed by atoms with van der Waals surface area (Å²) in [5, 5.41) is 8.38. The molecule has 0 radical (unpaired) electrons. The summed E-state index contributed by atoms with van der Waals surface area (Å²) >= 11 is 1.52. The van der Waals surface area contributed by atoms with Crippen molar-refractivity contribution in [3.63, 3.8) is 0 Å². The zero-order valence-corrected chi connectivity index (χ0v) is 15.7. The van der Waals surface area contributed by atoms with Crippen molar-refractivity contribution in [2.75, 3.05) is 12.4 Å². The first-order chi connectivity index (χ1) is 12.7. The second-order valence-electron chi connectivity index (χ2n) is 6.47. The molecule has 6 heteroatoms. The molecular formula is C20H24N2O3S. The Bertz CT molecular complexity index is 739. The lowest BCUT2D eigenvalue weighted by atomic mass is 9.95. The Morgan fingerprint density at radius 3 is 2.58 bits per heavy atom. The van der Waals surface area contributed by atoms with Crippen LogP contribution in [0.2, 0.25) is 0 Å². The first-order valence-electron chi connectivity index (χ1n) is 8.96. The molecule has 138 valence electrons. The number of thiophene rings is 1. The van der Waals surface area contributed by atoms with E-state index in [1.54, 1.807) is 18.2 Å². The summed E-state index contributed by atoms with van der Waals surface area (Å²) in [6.07, 6.45) is 5.62. The summed E-state index contributed by atoms with van der Waals surface area (Å²) in [5.74, 6) is -0.482. The van der Waals surface area contributed by atoms with Gasteiger partial charge < -0.3 is 15.4 Å². The third kappa shape index (κ3) is 4.43. The topological polar surface area (TPSA) is 67.4 Å². The minimum atomic E-state index is -0.539. The lowest BCUT2D eigenvalue weighted by Crippen LogP contribution is -2.41. The number of carbonyl (C=O) groups is 2. The van der Waals surface area contributed by atoms with Gasteiger partial charge in [0.1, 0.15) is 6.04 Å². The lowest BCUT2D eigenvalue weighted by molar-refractivity contribution is -0.122. The number of rotatable bonds is 6. The number of amides is 1. The number of hydrogen-bond acceptors (Lipinski definition) is 5. The van der Waals surface area contributed by atoms with Gasteiger partial charge in [-0.3, -0.25) is 4.79 Å². The molecule has 1 heterocycles. The maximum absolute atomic E-state index is 13.0. The van der Waals surface area contributed by atoms with E-state index < -0.39 is 12.0 Å². The highest BCUT2D eigenvalue weighted by Gasteiger charge is 2.26. The van der Waals surface area contributed by atoms with Crippen LogP contribution in [0.5, 0.6) is 0 Å². The van der Waals surface area contributed by atoms with Crippen LogP contribution in [0.15, 0.2) is 41.8 Å². The molecule has 0 bridgehead atoms. The molecule has 26 heavy (non-hydrogen) atoms. The number of methoxy groups -OCH3 is 1. The van der Waals surface area contributed by atoms with E-state index in [4.69, 9.17) is 4.74 Å². The zero-order chi connectivity index (χ0) is 18.4. The fraction of sp³-hybridized carbons (Fsp3) is 0.400. The summed E-state index contributed by atoms with van der Waals surface area (Å²) in [4.78, 5) is 25.9. The van der Waals surface area contributed by atoms with Gasteiger partial charge in [0.15, 0.2) is 0 Å². The minimum absolute atomic E-state index is 0.0565. The van der Waals surface area contributed by atoms with Crippen molar-refractivity contribution in [3.05, 3.63) is 52.2 Å². The van der Waals surface area contributed by atoms with E-state index in [9.17, 15) is 9.59 Å². The van der Waals surface area contributed by atoms with Crippen molar-refractivity contribution in [1.29, 1.82) is 0 Å². The molecule has 3 rings (SSSR count). The summed E-state index contributed by atoms with van der Waals surface area (Å²) in [6, 6.07) is 10.6. The van der Waals surface area contributed by atoms with Gasteiger partial charge in [-0.15, -0.1) is 11.3 Å². The number of nitrogens with one attached hydrogen (secondary N) is 2. The van der Waals surface area contributed by atoms with E-state index in [1.165, 1.54) is 24.9 Å². The van der Waals surface area contributed by atoms with Crippen LogP contribution < -0.4 is 10.6 Å². The number of esters is 1. The van der Waals surface area contributed by atoms with Crippen molar-refractivity contribution < 1.29 is 14.3 Å². The molecular weight excluding hydrogens is 348 g/mol. The average molecular weight is 372 g/mol. The van der Waals surface area contributed by atoms with Gasteiger partial charge in [-0.25, -0.2) is 4.79 Å².